The van der Waals surface area contributed by atoms with E-state index in [0.29, 0.717) is 17.9 Å². The average Bonchev–Trinajstić information content (AvgIpc) is 2.61. The summed E-state index contributed by atoms with van der Waals surface area (Å²) in [5.74, 6) is -0.209. The predicted octanol–water partition coefficient (Wildman–Crippen LogP) is 2.87. The van der Waals surface area contributed by atoms with Gasteiger partial charge in [-0.15, -0.1) is 0 Å². The normalized spacial score (nSPS) is 15.3. The molecule has 1 saturated carbocycles. The second-order valence-electron chi connectivity index (χ2n) is 7.13. The van der Waals surface area contributed by atoms with Crippen molar-refractivity contribution >= 4 is 27.6 Å². The number of carbonyl (C=O) groups excluding carboxylic acids is 2. The van der Waals surface area contributed by atoms with E-state index >= 15 is 0 Å². The lowest BCUT2D eigenvalue weighted by Gasteiger charge is -2.20. The van der Waals surface area contributed by atoms with E-state index in [1.165, 1.54) is 38.2 Å². The van der Waals surface area contributed by atoms with E-state index in [-0.39, 0.29) is 10.6 Å². The summed E-state index contributed by atoms with van der Waals surface area (Å²) in [7, 11) is -3.87. The van der Waals surface area contributed by atoms with Crippen molar-refractivity contribution in [3.63, 3.8) is 0 Å². The zero-order valence-corrected chi connectivity index (χ0v) is 16.5. The van der Waals surface area contributed by atoms with Gasteiger partial charge in [-0.3, -0.25) is 9.59 Å². The molecule has 1 aliphatic rings. The molecule has 8 heteroatoms. The van der Waals surface area contributed by atoms with Crippen LogP contribution in [0.1, 0.15) is 56.9 Å². The largest absolute Gasteiger partial charge is 0.456 e. The van der Waals surface area contributed by atoms with E-state index in [1.807, 2.05) is 0 Å². The lowest BCUT2D eigenvalue weighted by atomic mass is 9.86. The molecule has 0 aromatic heterocycles. The number of primary sulfonamides is 1. The topological polar surface area (TPSA) is 116 Å². The minimum absolute atomic E-state index is 0.0555. The fourth-order valence-electron chi connectivity index (χ4n) is 3.41. The molecule has 3 N–H and O–H groups in total. The highest BCUT2D eigenvalue weighted by Gasteiger charge is 2.15. The van der Waals surface area contributed by atoms with Gasteiger partial charge in [0.2, 0.25) is 10.0 Å². The number of nitrogens with one attached hydrogen (secondary N) is 1. The molecule has 1 aromatic rings. The van der Waals surface area contributed by atoms with Gasteiger partial charge in [-0.05, 0) is 43.4 Å². The van der Waals surface area contributed by atoms with Crippen LogP contribution in [-0.4, -0.2) is 26.9 Å². The third kappa shape index (κ3) is 7.30. The molecular formula is C19H28N2O5S. The Hall–Kier alpha value is -1.93. The van der Waals surface area contributed by atoms with Gasteiger partial charge in [0.1, 0.15) is 0 Å². The van der Waals surface area contributed by atoms with Gasteiger partial charge in [-0.1, -0.05) is 38.2 Å². The number of benzene rings is 1. The molecule has 1 aliphatic carbocycles. The van der Waals surface area contributed by atoms with E-state index in [2.05, 4.69) is 5.32 Å². The Kier molecular flexibility index (Phi) is 7.79. The quantitative estimate of drug-likeness (QED) is 0.656. The molecule has 27 heavy (non-hydrogen) atoms. The Bertz CT molecular complexity index is 770. The first-order chi connectivity index (χ1) is 12.8. The SMILES string of the molecule is Cc1ccc(NC(=O)COC(=O)CCCC2CCCCC2)cc1S(N)(=O)=O. The summed E-state index contributed by atoms with van der Waals surface area (Å²) in [6.45, 7) is 1.21. The number of carbonyl (C=O) groups is 2. The summed E-state index contributed by atoms with van der Waals surface area (Å²) in [5.41, 5.74) is 0.767. The molecule has 1 aromatic carbocycles. The van der Waals surface area contributed by atoms with E-state index in [9.17, 15) is 18.0 Å². The molecular weight excluding hydrogens is 368 g/mol. The minimum Gasteiger partial charge on any atom is -0.456 e. The molecule has 0 unspecified atom stereocenters. The van der Waals surface area contributed by atoms with Crippen molar-refractivity contribution in [1.29, 1.82) is 0 Å². The van der Waals surface area contributed by atoms with Crippen molar-refractivity contribution in [2.24, 2.45) is 11.1 Å². The Morgan fingerprint density at radius 3 is 2.59 bits per heavy atom. The number of hydrogen-bond donors (Lipinski definition) is 2. The van der Waals surface area contributed by atoms with Gasteiger partial charge in [0.05, 0.1) is 4.90 Å². The van der Waals surface area contributed by atoms with Crippen LogP contribution in [0.5, 0.6) is 0 Å². The molecule has 0 radical (unpaired) electrons. The number of esters is 1. The second kappa shape index (κ2) is 9.85. The van der Waals surface area contributed by atoms with Crippen LogP contribution in [-0.2, 0) is 24.3 Å². The number of sulfonamides is 1. The standard InChI is InChI=1S/C19H28N2O5S/c1-14-10-11-16(12-17(14)27(20,24)25)21-18(22)13-26-19(23)9-5-8-15-6-3-2-4-7-15/h10-12,15H,2-9,13H2,1H3,(H,21,22)(H2,20,24,25). The minimum atomic E-state index is -3.87. The van der Waals surface area contributed by atoms with E-state index in [1.54, 1.807) is 19.1 Å². The summed E-state index contributed by atoms with van der Waals surface area (Å²) in [6, 6.07) is 4.40. The lowest BCUT2D eigenvalue weighted by Crippen LogP contribution is -2.21. The molecule has 0 atom stereocenters. The molecule has 1 fully saturated rings. The maximum atomic E-state index is 11.9. The summed E-state index contributed by atoms with van der Waals surface area (Å²) in [5, 5.41) is 7.65. The van der Waals surface area contributed by atoms with Gasteiger partial charge in [0.25, 0.3) is 5.91 Å². The number of ether oxygens (including phenoxy) is 1. The molecule has 2 rings (SSSR count). The van der Waals surface area contributed by atoms with Gasteiger partial charge in [0.15, 0.2) is 6.61 Å². The van der Waals surface area contributed by atoms with Gasteiger partial charge in [-0.2, -0.15) is 0 Å². The van der Waals surface area contributed by atoms with Crippen molar-refractivity contribution in [1.82, 2.24) is 0 Å². The first kappa shape index (κ1) is 21.4. The fraction of sp³-hybridized carbons (Fsp3) is 0.579. The summed E-state index contributed by atoms with van der Waals surface area (Å²) < 4.78 is 28.0. The monoisotopic (exact) mass is 396 g/mol. The highest BCUT2D eigenvalue weighted by atomic mass is 32.2. The van der Waals surface area contributed by atoms with Crippen LogP contribution in [0, 0.1) is 12.8 Å². The van der Waals surface area contributed by atoms with Crippen LogP contribution in [0.15, 0.2) is 23.1 Å². The van der Waals surface area contributed by atoms with Crippen molar-refractivity contribution in [3.8, 4) is 0 Å². The second-order valence-corrected chi connectivity index (χ2v) is 8.66. The summed E-state index contributed by atoms with van der Waals surface area (Å²) >= 11 is 0. The first-order valence-corrected chi connectivity index (χ1v) is 10.9. The molecule has 0 spiro atoms. The summed E-state index contributed by atoms with van der Waals surface area (Å²) in [6.07, 6.45) is 8.48. The molecule has 0 saturated heterocycles. The average molecular weight is 397 g/mol. The van der Waals surface area contributed by atoms with Gasteiger partial charge >= 0.3 is 5.97 Å². The fourth-order valence-corrected chi connectivity index (χ4v) is 4.22. The maximum absolute atomic E-state index is 11.9. The van der Waals surface area contributed by atoms with Crippen LogP contribution >= 0.6 is 0 Å². The number of amides is 1. The van der Waals surface area contributed by atoms with Crippen LogP contribution in [0.2, 0.25) is 0 Å². The Morgan fingerprint density at radius 2 is 1.93 bits per heavy atom. The highest BCUT2D eigenvalue weighted by molar-refractivity contribution is 7.89. The van der Waals surface area contributed by atoms with Crippen molar-refractivity contribution in [3.05, 3.63) is 23.8 Å². The first-order valence-electron chi connectivity index (χ1n) is 9.34. The number of rotatable bonds is 8. The van der Waals surface area contributed by atoms with Gasteiger partial charge < -0.3 is 10.1 Å². The van der Waals surface area contributed by atoms with Crippen LogP contribution in [0.3, 0.4) is 0 Å². The van der Waals surface area contributed by atoms with E-state index in [0.717, 1.165) is 12.8 Å². The van der Waals surface area contributed by atoms with Crippen molar-refractivity contribution in [2.45, 2.75) is 63.2 Å². The third-order valence-corrected chi connectivity index (χ3v) is 5.91. The summed E-state index contributed by atoms with van der Waals surface area (Å²) in [4.78, 5) is 23.6. The molecule has 0 aliphatic heterocycles. The van der Waals surface area contributed by atoms with Gasteiger partial charge in [0, 0.05) is 12.1 Å². The van der Waals surface area contributed by atoms with E-state index in [4.69, 9.17) is 9.88 Å². The van der Waals surface area contributed by atoms with E-state index < -0.39 is 28.5 Å². The molecule has 150 valence electrons. The molecule has 1 amide bonds. The number of aryl methyl sites for hydroxylation is 1. The zero-order valence-electron chi connectivity index (χ0n) is 15.7. The van der Waals surface area contributed by atoms with Crippen LogP contribution in [0.25, 0.3) is 0 Å². The number of hydrogen-bond acceptors (Lipinski definition) is 5. The third-order valence-electron chi connectivity index (χ3n) is 4.86. The van der Waals surface area contributed by atoms with Crippen LogP contribution < -0.4 is 10.5 Å². The lowest BCUT2D eigenvalue weighted by molar-refractivity contribution is -0.147. The Labute approximate surface area is 160 Å². The van der Waals surface area contributed by atoms with Crippen molar-refractivity contribution < 1.29 is 22.7 Å². The highest BCUT2D eigenvalue weighted by Crippen LogP contribution is 2.27. The maximum Gasteiger partial charge on any atom is 0.306 e. The zero-order chi connectivity index (χ0) is 19.9. The Morgan fingerprint density at radius 1 is 1.22 bits per heavy atom. The predicted molar refractivity (Wildman–Crippen MR) is 103 cm³/mol. The molecule has 0 heterocycles. The molecule has 0 bridgehead atoms. The molecule has 7 nitrogen and oxygen atoms in total. The van der Waals surface area contributed by atoms with Crippen molar-refractivity contribution in [2.75, 3.05) is 11.9 Å². The number of anilines is 1. The van der Waals surface area contributed by atoms with Gasteiger partial charge in [-0.25, -0.2) is 13.6 Å². The smallest absolute Gasteiger partial charge is 0.306 e. The van der Waals surface area contributed by atoms with Crippen LogP contribution in [0.4, 0.5) is 5.69 Å². The Balaban J connectivity index is 1.73. The number of nitrogens with two attached hydrogens (primary N) is 1.